The molecule has 2 aromatic rings. The van der Waals surface area contributed by atoms with Crippen molar-refractivity contribution in [2.45, 2.75) is 32.7 Å². The summed E-state index contributed by atoms with van der Waals surface area (Å²) in [4.78, 5) is 25.0. The summed E-state index contributed by atoms with van der Waals surface area (Å²) in [6, 6.07) is 6.04. The summed E-state index contributed by atoms with van der Waals surface area (Å²) in [6.45, 7) is 3.62. The topological polar surface area (TPSA) is 67.4 Å². The quantitative estimate of drug-likeness (QED) is 0.799. The van der Waals surface area contributed by atoms with Crippen LogP contribution < -0.4 is 15.4 Å². The molecule has 0 radical (unpaired) electrons. The number of carbonyl (C=O) groups excluding carboxylic acids is 2. The summed E-state index contributed by atoms with van der Waals surface area (Å²) < 4.78 is 18.8. The van der Waals surface area contributed by atoms with E-state index in [1.54, 1.807) is 19.1 Å². The number of nitrogens with one attached hydrogen (secondary N) is 2. The summed E-state index contributed by atoms with van der Waals surface area (Å²) in [5.41, 5.74) is 1.44. The molecule has 3 rings (SSSR count). The molecule has 0 spiro atoms. The number of carbonyl (C=O) groups is 2. The van der Waals surface area contributed by atoms with Crippen molar-refractivity contribution < 1.29 is 18.7 Å². The number of halogens is 1. The highest BCUT2D eigenvalue weighted by atomic mass is 32.1. The number of rotatable bonds is 6. The number of hydrogen-bond acceptors (Lipinski definition) is 4. The molecule has 1 fully saturated rings. The van der Waals surface area contributed by atoms with E-state index in [1.165, 1.54) is 30.6 Å². The Labute approximate surface area is 155 Å². The monoisotopic (exact) mass is 376 g/mol. The van der Waals surface area contributed by atoms with Gasteiger partial charge >= 0.3 is 0 Å². The molecule has 1 unspecified atom stereocenters. The molecule has 1 atom stereocenters. The lowest BCUT2D eigenvalue weighted by atomic mass is 10.1. The molecule has 1 aliphatic rings. The first-order valence-electron chi connectivity index (χ1n) is 8.44. The first kappa shape index (κ1) is 18.4. The Morgan fingerprint density at radius 3 is 2.65 bits per heavy atom. The van der Waals surface area contributed by atoms with E-state index in [9.17, 15) is 14.0 Å². The lowest BCUT2D eigenvalue weighted by Gasteiger charge is -2.15. The van der Waals surface area contributed by atoms with Crippen LogP contribution in [-0.4, -0.2) is 18.9 Å². The van der Waals surface area contributed by atoms with Gasteiger partial charge in [-0.1, -0.05) is 6.07 Å². The second kappa shape index (κ2) is 7.45. The molecular formula is C19H21FN2O3S. The Morgan fingerprint density at radius 1 is 1.31 bits per heavy atom. The third-order valence-corrected chi connectivity index (χ3v) is 5.49. The number of anilines is 1. The molecule has 138 valence electrons. The first-order valence-corrected chi connectivity index (χ1v) is 9.26. The van der Waals surface area contributed by atoms with Crippen molar-refractivity contribution in [1.29, 1.82) is 0 Å². The van der Waals surface area contributed by atoms with Crippen LogP contribution in [0.1, 0.15) is 46.6 Å². The van der Waals surface area contributed by atoms with Crippen LogP contribution in [0.15, 0.2) is 24.3 Å². The number of amides is 2. The molecule has 1 aliphatic carbocycles. The van der Waals surface area contributed by atoms with Gasteiger partial charge in [-0.25, -0.2) is 4.39 Å². The highest BCUT2D eigenvalue weighted by Crippen LogP contribution is 2.33. The van der Waals surface area contributed by atoms with Crippen LogP contribution in [0.2, 0.25) is 0 Å². The standard InChI is InChI=1S/C19H21FN2O3S/c1-10-8-16(22-18(23)12-4-5-12)26-17(10)19(24)21-11(2)13-6-7-15(25-3)14(20)9-13/h6-9,11-12H,4-5H2,1-3H3,(H,21,24)(H,22,23). The van der Waals surface area contributed by atoms with Gasteiger partial charge in [0.15, 0.2) is 11.6 Å². The van der Waals surface area contributed by atoms with Crippen LogP contribution in [0.4, 0.5) is 9.39 Å². The van der Waals surface area contributed by atoms with Gasteiger partial charge in [0, 0.05) is 5.92 Å². The Morgan fingerprint density at radius 2 is 2.04 bits per heavy atom. The van der Waals surface area contributed by atoms with Crippen molar-refractivity contribution in [3.05, 3.63) is 46.1 Å². The van der Waals surface area contributed by atoms with Gasteiger partial charge in [-0.15, -0.1) is 11.3 Å². The molecule has 0 aliphatic heterocycles. The summed E-state index contributed by atoms with van der Waals surface area (Å²) >= 11 is 1.25. The molecule has 5 nitrogen and oxygen atoms in total. The summed E-state index contributed by atoms with van der Waals surface area (Å²) in [6.07, 6.45) is 1.86. The van der Waals surface area contributed by atoms with Crippen LogP contribution >= 0.6 is 11.3 Å². The predicted octanol–water partition coefficient (Wildman–Crippen LogP) is 4.04. The zero-order chi connectivity index (χ0) is 18.8. The van der Waals surface area contributed by atoms with Gasteiger partial charge in [-0.05, 0) is 56.0 Å². The van der Waals surface area contributed by atoms with Crippen LogP contribution in [0.5, 0.6) is 5.75 Å². The van der Waals surface area contributed by atoms with Gasteiger partial charge in [-0.3, -0.25) is 9.59 Å². The first-order chi connectivity index (χ1) is 12.4. The van der Waals surface area contributed by atoms with Crippen molar-refractivity contribution >= 4 is 28.2 Å². The third kappa shape index (κ3) is 4.04. The normalized spacial score (nSPS) is 14.6. The van der Waals surface area contributed by atoms with Gasteiger partial charge in [0.2, 0.25) is 5.91 Å². The smallest absolute Gasteiger partial charge is 0.262 e. The number of ether oxygens (including phenoxy) is 1. The zero-order valence-corrected chi connectivity index (χ0v) is 15.7. The fourth-order valence-electron chi connectivity index (χ4n) is 2.64. The average Bonchev–Trinajstić information content (AvgIpc) is 3.38. The highest BCUT2D eigenvalue weighted by Gasteiger charge is 2.30. The lowest BCUT2D eigenvalue weighted by molar-refractivity contribution is -0.117. The van der Waals surface area contributed by atoms with Crippen molar-refractivity contribution in [2.24, 2.45) is 5.92 Å². The van der Waals surface area contributed by atoms with Gasteiger partial charge in [-0.2, -0.15) is 0 Å². The van der Waals surface area contributed by atoms with Crippen molar-refractivity contribution in [2.75, 3.05) is 12.4 Å². The van der Waals surface area contributed by atoms with Crippen LogP contribution in [-0.2, 0) is 4.79 Å². The minimum atomic E-state index is -0.469. The molecule has 1 aromatic carbocycles. The molecule has 1 aromatic heterocycles. The minimum Gasteiger partial charge on any atom is -0.494 e. The number of hydrogen-bond donors (Lipinski definition) is 2. The second-order valence-corrected chi connectivity index (χ2v) is 7.53. The third-order valence-electron chi connectivity index (χ3n) is 4.34. The van der Waals surface area contributed by atoms with E-state index >= 15 is 0 Å². The van der Waals surface area contributed by atoms with Crippen molar-refractivity contribution in [1.82, 2.24) is 5.32 Å². The van der Waals surface area contributed by atoms with Crippen LogP contribution in [0.3, 0.4) is 0 Å². The number of thiophene rings is 1. The number of aryl methyl sites for hydroxylation is 1. The van der Waals surface area contributed by atoms with E-state index in [0.29, 0.717) is 15.4 Å². The van der Waals surface area contributed by atoms with Crippen molar-refractivity contribution in [3.63, 3.8) is 0 Å². The second-order valence-electron chi connectivity index (χ2n) is 6.48. The van der Waals surface area contributed by atoms with Crippen LogP contribution in [0, 0.1) is 18.7 Å². The molecule has 0 saturated heterocycles. The maximum absolute atomic E-state index is 13.9. The summed E-state index contributed by atoms with van der Waals surface area (Å²) in [5.74, 6) is -0.427. The Bertz CT molecular complexity index is 845. The Balaban J connectivity index is 1.68. The average molecular weight is 376 g/mol. The molecule has 2 N–H and O–H groups in total. The highest BCUT2D eigenvalue weighted by molar-refractivity contribution is 7.18. The van der Waals surface area contributed by atoms with Crippen molar-refractivity contribution in [3.8, 4) is 5.75 Å². The van der Waals surface area contributed by atoms with Gasteiger partial charge in [0.1, 0.15) is 0 Å². The van der Waals surface area contributed by atoms with E-state index in [0.717, 1.165) is 18.4 Å². The summed E-state index contributed by atoms with van der Waals surface area (Å²) in [5, 5.41) is 6.41. The predicted molar refractivity (Wildman–Crippen MR) is 99.2 cm³/mol. The molecule has 1 saturated carbocycles. The maximum Gasteiger partial charge on any atom is 0.262 e. The molecule has 2 amide bonds. The van der Waals surface area contributed by atoms with Gasteiger partial charge in [0.25, 0.3) is 5.91 Å². The fraction of sp³-hybridized carbons (Fsp3) is 0.368. The molecule has 1 heterocycles. The number of benzene rings is 1. The van der Waals surface area contributed by atoms with E-state index in [1.807, 2.05) is 6.92 Å². The molecule has 26 heavy (non-hydrogen) atoms. The Hall–Kier alpha value is -2.41. The number of methoxy groups -OCH3 is 1. The largest absolute Gasteiger partial charge is 0.494 e. The van der Waals surface area contributed by atoms with E-state index in [-0.39, 0.29) is 29.5 Å². The lowest BCUT2D eigenvalue weighted by Crippen LogP contribution is -2.26. The maximum atomic E-state index is 13.9. The van der Waals surface area contributed by atoms with Crippen LogP contribution in [0.25, 0.3) is 0 Å². The van der Waals surface area contributed by atoms with E-state index in [2.05, 4.69) is 10.6 Å². The zero-order valence-electron chi connectivity index (χ0n) is 14.9. The minimum absolute atomic E-state index is 0.0142. The molecular weight excluding hydrogens is 355 g/mol. The molecule has 7 heteroatoms. The van der Waals surface area contributed by atoms with E-state index in [4.69, 9.17) is 4.74 Å². The Kier molecular flexibility index (Phi) is 5.27. The van der Waals surface area contributed by atoms with E-state index < -0.39 is 5.82 Å². The summed E-state index contributed by atoms with van der Waals surface area (Å²) in [7, 11) is 1.41. The SMILES string of the molecule is COc1ccc(C(C)NC(=O)c2sc(NC(=O)C3CC3)cc2C)cc1F. The fourth-order valence-corrected chi connectivity index (χ4v) is 3.61. The van der Waals surface area contributed by atoms with Gasteiger partial charge < -0.3 is 15.4 Å². The van der Waals surface area contributed by atoms with Gasteiger partial charge in [0.05, 0.1) is 23.0 Å². The molecule has 0 bridgehead atoms.